The van der Waals surface area contributed by atoms with Gasteiger partial charge in [0.2, 0.25) is 0 Å². The van der Waals surface area contributed by atoms with E-state index < -0.39 is 0 Å². The lowest BCUT2D eigenvalue weighted by Gasteiger charge is -2.23. The van der Waals surface area contributed by atoms with Gasteiger partial charge in [-0.05, 0) is 31.4 Å². The van der Waals surface area contributed by atoms with E-state index in [1.165, 1.54) is 48.1 Å². The van der Waals surface area contributed by atoms with Gasteiger partial charge in [0.1, 0.15) is 0 Å². The molecular formula is C15H20NS+. The van der Waals surface area contributed by atoms with Crippen molar-refractivity contribution in [1.29, 1.82) is 0 Å². The molecule has 1 aliphatic heterocycles. The minimum absolute atomic E-state index is 0.796. The Morgan fingerprint density at radius 3 is 2.82 bits per heavy atom. The van der Waals surface area contributed by atoms with Gasteiger partial charge in [0.05, 0.1) is 5.56 Å². The summed E-state index contributed by atoms with van der Waals surface area (Å²) in [5.41, 5.74) is 2.85. The average Bonchev–Trinajstić information content (AvgIpc) is 2.40. The van der Waals surface area contributed by atoms with E-state index in [4.69, 9.17) is 0 Å². The summed E-state index contributed by atoms with van der Waals surface area (Å²) in [4.78, 5) is 1.49. The smallest absolute Gasteiger partial charge is 0.193 e. The maximum absolute atomic E-state index is 2.58. The lowest BCUT2D eigenvalue weighted by molar-refractivity contribution is -0.547. The Morgan fingerprint density at radius 2 is 2.00 bits per heavy atom. The summed E-state index contributed by atoms with van der Waals surface area (Å²) in [6, 6.07) is 7.44. The van der Waals surface area contributed by atoms with E-state index in [9.17, 15) is 0 Å². The van der Waals surface area contributed by atoms with Crippen LogP contribution in [-0.4, -0.2) is 22.7 Å². The van der Waals surface area contributed by atoms with Crippen molar-refractivity contribution >= 4 is 18.0 Å². The molecule has 0 atom stereocenters. The first-order chi connectivity index (χ1) is 8.34. The molecule has 1 saturated carbocycles. The molecular weight excluding hydrogens is 226 g/mol. The predicted molar refractivity (Wildman–Crippen MR) is 74.2 cm³/mol. The number of fused-ring (bicyclic) bond motifs is 1. The number of hydrogen-bond donors (Lipinski definition) is 0. The average molecular weight is 246 g/mol. The molecule has 2 aliphatic rings. The zero-order valence-electron chi connectivity index (χ0n) is 10.5. The Bertz CT molecular complexity index is 444. The first kappa shape index (κ1) is 11.3. The first-order valence-electron chi connectivity index (χ1n) is 6.67. The topological polar surface area (TPSA) is 3.01 Å². The van der Waals surface area contributed by atoms with E-state index in [0.717, 1.165) is 11.9 Å². The maximum atomic E-state index is 2.58. The molecule has 90 valence electrons. The number of rotatable bonds is 1. The highest BCUT2D eigenvalue weighted by Crippen LogP contribution is 2.31. The van der Waals surface area contributed by atoms with Crippen LogP contribution in [0.25, 0.3) is 0 Å². The van der Waals surface area contributed by atoms with Crippen LogP contribution in [0.15, 0.2) is 23.1 Å². The molecule has 0 unspecified atom stereocenters. The molecule has 0 saturated heterocycles. The maximum Gasteiger partial charge on any atom is 0.193 e. The number of thioether (sulfide) groups is 1. The van der Waals surface area contributed by atoms with Gasteiger partial charge in [-0.15, -0.1) is 0 Å². The van der Waals surface area contributed by atoms with Gasteiger partial charge < -0.3 is 0 Å². The summed E-state index contributed by atoms with van der Waals surface area (Å²) in [5, 5.41) is 0. The van der Waals surface area contributed by atoms with Crippen molar-refractivity contribution in [1.82, 2.24) is 0 Å². The van der Waals surface area contributed by atoms with Gasteiger partial charge in [0.15, 0.2) is 18.1 Å². The van der Waals surface area contributed by atoms with Crippen molar-refractivity contribution in [2.45, 2.75) is 50.0 Å². The Balaban J connectivity index is 1.89. The normalized spacial score (nSPS) is 20.9. The largest absolute Gasteiger partial charge is 0.223 e. The van der Waals surface area contributed by atoms with Gasteiger partial charge in [-0.25, -0.2) is 4.58 Å². The molecule has 1 aromatic rings. The van der Waals surface area contributed by atoms with E-state index in [2.05, 4.69) is 35.9 Å². The zero-order valence-corrected chi connectivity index (χ0v) is 11.3. The molecule has 17 heavy (non-hydrogen) atoms. The quantitative estimate of drug-likeness (QED) is 0.681. The van der Waals surface area contributed by atoms with Crippen LogP contribution in [0.1, 0.15) is 43.2 Å². The van der Waals surface area contributed by atoms with Crippen molar-refractivity contribution in [2.24, 2.45) is 0 Å². The van der Waals surface area contributed by atoms with Crippen molar-refractivity contribution in [3.8, 4) is 0 Å². The lowest BCUT2D eigenvalue weighted by atomic mass is 9.95. The van der Waals surface area contributed by atoms with Crippen molar-refractivity contribution in [3.05, 3.63) is 29.3 Å². The standard InChI is InChI=1S/C15H20NS/c1-12-6-5-7-13-10-16(11-17-15(12)13)14-8-3-2-4-9-14/h5-7,10,14H,2-4,8-9,11H2,1H3/q+1. The van der Waals surface area contributed by atoms with Crippen LogP contribution in [0.5, 0.6) is 0 Å². The molecule has 0 aromatic heterocycles. The van der Waals surface area contributed by atoms with Gasteiger partial charge in [0.25, 0.3) is 0 Å². The first-order valence-corrected chi connectivity index (χ1v) is 7.66. The van der Waals surface area contributed by atoms with Gasteiger partial charge >= 0.3 is 0 Å². The SMILES string of the molecule is Cc1cccc2c1SC[N+](C1CCCCC1)=C2. The van der Waals surface area contributed by atoms with E-state index in [1.807, 2.05) is 11.8 Å². The summed E-state index contributed by atoms with van der Waals surface area (Å²) in [6.45, 7) is 2.22. The summed E-state index contributed by atoms with van der Waals surface area (Å²) in [5.74, 6) is 1.14. The second-order valence-corrected chi connectivity index (χ2v) is 6.16. The van der Waals surface area contributed by atoms with Crippen LogP contribution in [0.4, 0.5) is 0 Å². The fraction of sp³-hybridized carbons (Fsp3) is 0.533. The fourth-order valence-electron chi connectivity index (χ4n) is 2.95. The molecule has 0 radical (unpaired) electrons. The van der Waals surface area contributed by atoms with E-state index in [-0.39, 0.29) is 0 Å². The molecule has 0 bridgehead atoms. The second kappa shape index (κ2) is 4.85. The molecule has 2 heteroatoms. The predicted octanol–water partition coefficient (Wildman–Crippen LogP) is 3.82. The van der Waals surface area contributed by atoms with Crippen LogP contribution in [0, 0.1) is 6.92 Å². The molecule has 0 amide bonds. The summed E-state index contributed by atoms with van der Waals surface area (Å²) in [7, 11) is 0. The third-order valence-corrected chi connectivity index (χ3v) is 5.22. The van der Waals surface area contributed by atoms with Crippen molar-refractivity contribution in [2.75, 3.05) is 5.88 Å². The zero-order chi connectivity index (χ0) is 11.7. The fourth-order valence-corrected chi connectivity index (χ4v) is 4.10. The highest BCUT2D eigenvalue weighted by Gasteiger charge is 2.27. The third-order valence-electron chi connectivity index (χ3n) is 3.95. The molecule has 1 nitrogen and oxygen atoms in total. The van der Waals surface area contributed by atoms with Crippen molar-refractivity contribution in [3.63, 3.8) is 0 Å². The number of hydrogen-bond acceptors (Lipinski definition) is 1. The Kier molecular flexibility index (Phi) is 3.24. The van der Waals surface area contributed by atoms with Crippen LogP contribution >= 0.6 is 11.8 Å². The minimum atomic E-state index is 0.796. The van der Waals surface area contributed by atoms with Crippen LogP contribution < -0.4 is 0 Å². The molecule has 1 fully saturated rings. The molecule has 0 N–H and O–H groups in total. The monoisotopic (exact) mass is 246 g/mol. The molecule has 1 aliphatic carbocycles. The van der Waals surface area contributed by atoms with Crippen LogP contribution in [0.2, 0.25) is 0 Å². The van der Waals surface area contributed by atoms with Crippen LogP contribution in [0.3, 0.4) is 0 Å². The number of aryl methyl sites for hydroxylation is 1. The Labute approximate surface area is 108 Å². The molecule has 3 rings (SSSR count). The molecule has 0 spiro atoms. The summed E-state index contributed by atoms with van der Waals surface area (Å²) < 4.78 is 2.58. The van der Waals surface area contributed by atoms with Crippen molar-refractivity contribution < 1.29 is 4.58 Å². The molecule has 1 aromatic carbocycles. The van der Waals surface area contributed by atoms with Gasteiger partial charge in [-0.2, -0.15) is 0 Å². The van der Waals surface area contributed by atoms with Gasteiger partial charge in [0, 0.05) is 17.7 Å². The highest BCUT2D eigenvalue weighted by molar-refractivity contribution is 7.99. The van der Waals surface area contributed by atoms with Gasteiger partial charge in [-0.3, -0.25) is 0 Å². The Hall–Kier alpha value is -0.760. The van der Waals surface area contributed by atoms with Gasteiger partial charge in [-0.1, -0.05) is 30.3 Å². The summed E-state index contributed by atoms with van der Waals surface area (Å²) in [6.07, 6.45) is 9.44. The van der Waals surface area contributed by atoms with E-state index in [1.54, 1.807) is 0 Å². The molecule has 1 heterocycles. The van der Waals surface area contributed by atoms with E-state index >= 15 is 0 Å². The Morgan fingerprint density at radius 1 is 1.18 bits per heavy atom. The number of nitrogens with zero attached hydrogens (tertiary/aromatic N) is 1. The van der Waals surface area contributed by atoms with E-state index in [0.29, 0.717) is 0 Å². The van der Waals surface area contributed by atoms with Crippen LogP contribution in [-0.2, 0) is 0 Å². The minimum Gasteiger partial charge on any atom is -0.223 e. The third kappa shape index (κ3) is 2.28. The lowest BCUT2D eigenvalue weighted by Crippen LogP contribution is -2.31. The second-order valence-electron chi connectivity index (χ2n) is 5.20. The highest BCUT2D eigenvalue weighted by atomic mass is 32.2. The summed E-state index contributed by atoms with van der Waals surface area (Å²) >= 11 is 2.01. The number of benzene rings is 1.